The Kier molecular flexibility index (Phi) is 8.75. The summed E-state index contributed by atoms with van der Waals surface area (Å²) in [5, 5.41) is 2.19. The molecule has 0 bridgehead atoms. The summed E-state index contributed by atoms with van der Waals surface area (Å²) in [6, 6.07) is 33.1. The fourth-order valence-corrected chi connectivity index (χ4v) is 9.88. The summed E-state index contributed by atoms with van der Waals surface area (Å²) in [5.41, 5.74) is 15.0. The molecule has 2 aliphatic heterocycles. The molecule has 1 aromatic heterocycles. The van der Waals surface area contributed by atoms with Crippen LogP contribution >= 0.6 is 0 Å². The van der Waals surface area contributed by atoms with Gasteiger partial charge in [-0.3, -0.25) is 0 Å². The molecule has 7 aromatic carbocycles. The van der Waals surface area contributed by atoms with Crippen LogP contribution in [-0.4, -0.2) is 11.3 Å². The van der Waals surface area contributed by atoms with Gasteiger partial charge in [-0.1, -0.05) is 90.1 Å². The van der Waals surface area contributed by atoms with Crippen LogP contribution in [0.5, 0.6) is 0 Å². The quantitative estimate of drug-likeness (QED) is 0.130. The number of benzene rings is 7. The van der Waals surface area contributed by atoms with Gasteiger partial charge in [0, 0.05) is 45.7 Å². The second-order valence-electron chi connectivity index (χ2n) is 19.4. The molecule has 0 atom stereocenters. The van der Waals surface area contributed by atoms with Gasteiger partial charge in [-0.15, -0.1) is 0 Å². The lowest BCUT2D eigenvalue weighted by Crippen LogP contribution is -2.61. The summed E-state index contributed by atoms with van der Waals surface area (Å²) in [4.78, 5) is 3.83. The highest BCUT2D eigenvalue weighted by Gasteiger charge is 2.45. The van der Waals surface area contributed by atoms with Gasteiger partial charge in [0.25, 0.3) is 6.71 Å². The molecule has 0 saturated heterocycles. The maximum Gasteiger partial charge on any atom is 0.252 e. The van der Waals surface area contributed by atoms with E-state index in [0.29, 0.717) is 11.4 Å². The van der Waals surface area contributed by atoms with Crippen molar-refractivity contribution < 1.29 is 17.6 Å². The minimum Gasteiger partial charge on any atom is -0.309 e. The van der Waals surface area contributed by atoms with Gasteiger partial charge in [0.1, 0.15) is 23.3 Å². The highest BCUT2D eigenvalue weighted by atomic mass is 19.1. The molecular formula is C54H48BF4N3. The predicted octanol–water partition coefficient (Wildman–Crippen LogP) is 13.3. The maximum atomic E-state index is 16.6. The van der Waals surface area contributed by atoms with Crippen LogP contribution in [0, 0.1) is 51.0 Å². The number of nitrogens with zero attached hydrogens (tertiary/aromatic N) is 3. The van der Waals surface area contributed by atoms with E-state index < -0.39 is 23.3 Å². The first-order valence-corrected chi connectivity index (χ1v) is 21.3. The fourth-order valence-electron chi connectivity index (χ4n) is 9.88. The van der Waals surface area contributed by atoms with E-state index in [1.807, 2.05) is 9.80 Å². The van der Waals surface area contributed by atoms with E-state index in [4.69, 9.17) is 0 Å². The number of anilines is 6. The van der Waals surface area contributed by atoms with Crippen LogP contribution in [0.1, 0.15) is 74.9 Å². The van der Waals surface area contributed by atoms with Crippen molar-refractivity contribution in [1.82, 2.24) is 4.57 Å². The Morgan fingerprint density at radius 3 is 1.23 bits per heavy atom. The van der Waals surface area contributed by atoms with Crippen LogP contribution in [0.3, 0.4) is 0 Å². The third-order valence-electron chi connectivity index (χ3n) is 13.5. The number of hydrogen-bond donors (Lipinski definition) is 0. The molecule has 10 rings (SSSR count). The molecule has 62 heavy (non-hydrogen) atoms. The molecule has 0 amide bonds. The normalized spacial score (nSPS) is 13.5. The zero-order chi connectivity index (χ0) is 43.9. The maximum absolute atomic E-state index is 16.6. The van der Waals surface area contributed by atoms with E-state index in [0.717, 1.165) is 101 Å². The Bertz CT molecular complexity index is 3020. The zero-order valence-corrected chi connectivity index (χ0v) is 36.8. The SMILES string of the molecule is Cc1ccc2c3ccc(C)c(C)c3n(-c3cc4c5c(c3)N(c3ccc(F)cc3F)c3ccc(C(C)(C)C)cc3B5c3cc(C(C)(C)C)ccc3N4c3ccc(F)cc3F)c2c1C. The van der Waals surface area contributed by atoms with Gasteiger partial charge < -0.3 is 14.4 Å². The average Bonchev–Trinajstić information content (AvgIpc) is 3.55. The van der Waals surface area contributed by atoms with Crippen LogP contribution in [0.15, 0.2) is 109 Å². The van der Waals surface area contributed by atoms with Crippen LogP contribution in [0.25, 0.3) is 27.5 Å². The Labute approximate surface area is 361 Å². The molecule has 0 radical (unpaired) electrons. The predicted molar refractivity (Wildman–Crippen MR) is 251 cm³/mol. The first-order valence-electron chi connectivity index (χ1n) is 21.3. The van der Waals surface area contributed by atoms with Crippen molar-refractivity contribution in [3.05, 3.63) is 166 Å². The zero-order valence-electron chi connectivity index (χ0n) is 36.8. The standard InChI is InChI=1S/C54H48BF4N3/c1-29-11-17-38-39-18-12-30(2)32(4)52(39)60(51(38)31(29)3)37-27-48-50-49(28-37)62(47-22-16-36(57)26-43(47)59)45-20-14-34(54(8,9)10)24-41(45)55(50)40-23-33(53(5,6)7)13-19-44(40)61(48)46-21-15-35(56)25-42(46)58/h11-28H,1-10H3. The minimum atomic E-state index is -0.712. The molecule has 0 fully saturated rings. The van der Waals surface area contributed by atoms with Gasteiger partial charge in [0.05, 0.1) is 28.1 Å². The molecule has 3 nitrogen and oxygen atoms in total. The number of halogens is 4. The van der Waals surface area contributed by atoms with E-state index in [1.165, 1.54) is 24.3 Å². The van der Waals surface area contributed by atoms with Crippen LogP contribution in [0.2, 0.25) is 0 Å². The van der Waals surface area contributed by atoms with Crippen molar-refractivity contribution in [2.24, 2.45) is 0 Å². The van der Waals surface area contributed by atoms with Gasteiger partial charge in [-0.25, -0.2) is 17.6 Å². The molecule has 8 aromatic rings. The first kappa shape index (κ1) is 39.8. The topological polar surface area (TPSA) is 11.4 Å². The van der Waals surface area contributed by atoms with Gasteiger partial charge in [0.2, 0.25) is 0 Å². The lowest BCUT2D eigenvalue weighted by atomic mass is 9.33. The number of rotatable bonds is 3. The summed E-state index contributed by atoms with van der Waals surface area (Å²) in [7, 11) is 0. The summed E-state index contributed by atoms with van der Waals surface area (Å²) < 4.78 is 65.3. The van der Waals surface area contributed by atoms with Crippen molar-refractivity contribution >= 4 is 79.0 Å². The first-order chi connectivity index (χ1) is 29.3. The van der Waals surface area contributed by atoms with Gasteiger partial charge in [-0.05, 0) is 137 Å². The fraction of sp³-hybridized carbons (Fsp3) is 0.222. The van der Waals surface area contributed by atoms with E-state index in [-0.39, 0.29) is 28.9 Å². The Hall–Kier alpha value is -6.28. The van der Waals surface area contributed by atoms with Crippen molar-refractivity contribution in [3.63, 3.8) is 0 Å². The second-order valence-corrected chi connectivity index (χ2v) is 19.4. The van der Waals surface area contributed by atoms with Crippen LogP contribution in [-0.2, 0) is 10.8 Å². The van der Waals surface area contributed by atoms with Gasteiger partial charge in [0.15, 0.2) is 0 Å². The summed E-state index contributed by atoms with van der Waals surface area (Å²) in [5.74, 6) is -2.78. The lowest BCUT2D eigenvalue weighted by molar-refractivity contribution is 0.583. The van der Waals surface area contributed by atoms with Crippen molar-refractivity contribution in [3.8, 4) is 5.69 Å². The van der Waals surface area contributed by atoms with Gasteiger partial charge >= 0.3 is 0 Å². The highest BCUT2D eigenvalue weighted by Crippen LogP contribution is 2.48. The second kappa shape index (κ2) is 13.6. The summed E-state index contributed by atoms with van der Waals surface area (Å²) in [6.07, 6.45) is 0. The Balaban J connectivity index is 1.43. The molecule has 3 heterocycles. The van der Waals surface area contributed by atoms with Crippen molar-refractivity contribution in [2.45, 2.75) is 80.1 Å². The molecule has 2 aliphatic rings. The number of fused-ring (bicyclic) bond motifs is 7. The molecule has 0 saturated carbocycles. The van der Waals surface area contributed by atoms with Gasteiger partial charge in [-0.2, -0.15) is 0 Å². The van der Waals surface area contributed by atoms with Crippen molar-refractivity contribution in [1.29, 1.82) is 0 Å². The molecular weight excluding hydrogens is 777 g/mol. The largest absolute Gasteiger partial charge is 0.309 e. The molecule has 0 unspecified atom stereocenters. The highest BCUT2D eigenvalue weighted by molar-refractivity contribution is 7.00. The third kappa shape index (κ3) is 5.85. The monoisotopic (exact) mass is 825 g/mol. The Morgan fingerprint density at radius 2 is 0.839 bits per heavy atom. The third-order valence-corrected chi connectivity index (χ3v) is 13.5. The van der Waals surface area contributed by atoms with Crippen LogP contribution in [0.4, 0.5) is 51.7 Å². The van der Waals surface area contributed by atoms with E-state index in [9.17, 15) is 8.78 Å². The van der Waals surface area contributed by atoms with E-state index >= 15 is 8.78 Å². The summed E-state index contributed by atoms with van der Waals surface area (Å²) >= 11 is 0. The molecule has 310 valence electrons. The van der Waals surface area contributed by atoms with Crippen molar-refractivity contribution in [2.75, 3.05) is 9.80 Å². The minimum absolute atomic E-state index is 0.184. The average molecular weight is 826 g/mol. The molecule has 0 aliphatic carbocycles. The molecule has 0 spiro atoms. The van der Waals surface area contributed by atoms with Crippen LogP contribution < -0.4 is 26.2 Å². The molecule has 8 heteroatoms. The number of hydrogen-bond acceptors (Lipinski definition) is 2. The number of aromatic nitrogens is 1. The Morgan fingerprint density at radius 1 is 0.435 bits per heavy atom. The molecule has 0 N–H and O–H groups in total. The number of aryl methyl sites for hydroxylation is 4. The summed E-state index contributed by atoms with van der Waals surface area (Å²) in [6.45, 7) is 21.2. The smallest absolute Gasteiger partial charge is 0.252 e. The van der Waals surface area contributed by atoms with E-state index in [1.54, 1.807) is 0 Å². The van der Waals surface area contributed by atoms with E-state index in [2.05, 4.69) is 147 Å². The lowest BCUT2D eigenvalue weighted by Gasteiger charge is -2.45.